The third kappa shape index (κ3) is 5.64. The molecule has 0 aliphatic heterocycles. The van der Waals surface area contributed by atoms with Gasteiger partial charge in [-0.3, -0.25) is 0 Å². The van der Waals surface area contributed by atoms with Gasteiger partial charge in [0.2, 0.25) is 0 Å². The van der Waals surface area contributed by atoms with Gasteiger partial charge in [-0.05, 0) is 54.5 Å². The molecule has 0 spiro atoms. The molecule has 3 aromatic carbocycles. The lowest BCUT2D eigenvalue weighted by atomic mass is 10.0. The summed E-state index contributed by atoms with van der Waals surface area (Å²) in [5.74, 6) is -1.57. The second-order valence-electron chi connectivity index (χ2n) is 7.01. The van der Waals surface area contributed by atoms with Crippen molar-refractivity contribution in [2.24, 2.45) is 0 Å². The molecular weight excluding hydrogens is 438 g/mol. The molecule has 0 aliphatic carbocycles. The summed E-state index contributed by atoms with van der Waals surface area (Å²) in [5.41, 5.74) is 0.802. The maximum Gasteiger partial charge on any atom is 0.193 e. The lowest BCUT2D eigenvalue weighted by Gasteiger charge is -2.05. The minimum absolute atomic E-state index is 0.00990. The van der Waals surface area contributed by atoms with Gasteiger partial charge in [0.1, 0.15) is 17.5 Å². The van der Waals surface area contributed by atoms with E-state index in [2.05, 4.69) is 18.4 Å². The van der Waals surface area contributed by atoms with Crippen LogP contribution in [0.4, 0.5) is 26.3 Å². The van der Waals surface area contributed by atoms with E-state index in [1.54, 1.807) is 6.07 Å². The predicted molar refractivity (Wildman–Crippen MR) is 117 cm³/mol. The molecule has 0 saturated carbocycles. The van der Waals surface area contributed by atoms with Crippen LogP contribution in [-0.2, 0) is 0 Å². The SMILES string of the molecule is C=C(F)/C(F)=C(F)\C=C(/C)c1ccc(C#Cc2ccc(-c3ccccc3F)cc2F)cc1F. The van der Waals surface area contributed by atoms with E-state index in [1.807, 2.05) is 0 Å². The lowest BCUT2D eigenvalue weighted by molar-refractivity contribution is 0.506. The van der Waals surface area contributed by atoms with Crippen LogP contribution in [0, 0.1) is 29.3 Å². The molecule has 0 nitrogen and oxygen atoms in total. The van der Waals surface area contributed by atoms with Gasteiger partial charge in [0, 0.05) is 16.7 Å². The third-order valence-corrected chi connectivity index (χ3v) is 4.68. The summed E-state index contributed by atoms with van der Waals surface area (Å²) < 4.78 is 82.3. The second-order valence-corrected chi connectivity index (χ2v) is 7.01. The van der Waals surface area contributed by atoms with Crippen molar-refractivity contribution in [1.82, 2.24) is 0 Å². The van der Waals surface area contributed by atoms with E-state index in [1.165, 1.54) is 49.4 Å². The molecule has 166 valence electrons. The predicted octanol–water partition coefficient (Wildman–Crippen LogP) is 8.21. The first-order valence-electron chi connectivity index (χ1n) is 9.62. The molecule has 0 N–H and O–H groups in total. The Morgan fingerprint density at radius 3 is 2.18 bits per heavy atom. The number of hydrogen-bond donors (Lipinski definition) is 0. The summed E-state index contributed by atoms with van der Waals surface area (Å²) in [6.07, 6.45) is 0.649. The molecule has 0 fully saturated rings. The molecule has 6 heteroatoms. The molecule has 3 aromatic rings. The monoisotopic (exact) mass is 454 g/mol. The maximum atomic E-state index is 14.5. The number of allylic oxidation sites excluding steroid dienone is 5. The Bertz CT molecular complexity index is 1350. The van der Waals surface area contributed by atoms with E-state index in [9.17, 15) is 26.3 Å². The Labute approximate surface area is 187 Å². The van der Waals surface area contributed by atoms with Crippen LogP contribution in [0.15, 0.2) is 90.8 Å². The highest BCUT2D eigenvalue weighted by Crippen LogP contribution is 2.26. The van der Waals surface area contributed by atoms with Gasteiger partial charge in [0.15, 0.2) is 17.5 Å². The highest BCUT2D eigenvalue weighted by molar-refractivity contribution is 5.68. The minimum atomic E-state index is -1.76. The Balaban J connectivity index is 1.86. The van der Waals surface area contributed by atoms with Gasteiger partial charge >= 0.3 is 0 Å². The molecule has 3 rings (SSSR count). The molecule has 0 saturated heterocycles. The van der Waals surface area contributed by atoms with E-state index in [4.69, 9.17) is 0 Å². The number of benzene rings is 3. The average molecular weight is 454 g/mol. The highest BCUT2D eigenvalue weighted by atomic mass is 19.2. The number of hydrogen-bond acceptors (Lipinski definition) is 0. The van der Waals surface area contributed by atoms with Crippen LogP contribution in [0.1, 0.15) is 23.6 Å². The molecule has 0 heterocycles. The largest absolute Gasteiger partial charge is 0.206 e. The Kier molecular flexibility index (Phi) is 7.24. The van der Waals surface area contributed by atoms with Crippen LogP contribution in [0.2, 0.25) is 0 Å². The summed E-state index contributed by atoms with van der Waals surface area (Å²) in [6.45, 7) is 3.98. The Morgan fingerprint density at radius 1 is 0.818 bits per heavy atom. The molecular formula is C27H16F6. The van der Waals surface area contributed by atoms with Gasteiger partial charge in [0.05, 0.1) is 5.56 Å². The quantitative estimate of drug-likeness (QED) is 0.212. The molecule has 33 heavy (non-hydrogen) atoms. The Hall–Kier alpha value is -3.98. The van der Waals surface area contributed by atoms with Crippen LogP contribution in [0.5, 0.6) is 0 Å². The summed E-state index contributed by atoms with van der Waals surface area (Å²) in [7, 11) is 0. The molecule has 0 amide bonds. The zero-order chi connectivity index (χ0) is 24.1. The van der Waals surface area contributed by atoms with Crippen LogP contribution in [-0.4, -0.2) is 0 Å². The van der Waals surface area contributed by atoms with Crippen LogP contribution >= 0.6 is 0 Å². The second kappa shape index (κ2) is 10.1. The zero-order valence-corrected chi connectivity index (χ0v) is 17.3. The zero-order valence-electron chi connectivity index (χ0n) is 17.3. The van der Waals surface area contributed by atoms with Crippen LogP contribution in [0.25, 0.3) is 16.7 Å². The van der Waals surface area contributed by atoms with E-state index >= 15 is 0 Å². The smallest absolute Gasteiger partial charge is 0.193 e. The number of rotatable bonds is 4. The van der Waals surface area contributed by atoms with Crippen molar-refractivity contribution in [3.63, 3.8) is 0 Å². The topological polar surface area (TPSA) is 0 Å². The van der Waals surface area contributed by atoms with Crippen molar-refractivity contribution in [3.05, 3.63) is 125 Å². The maximum absolute atomic E-state index is 14.5. The summed E-state index contributed by atoms with van der Waals surface area (Å²) in [4.78, 5) is 0. The normalized spacial score (nSPS) is 12.0. The molecule has 0 aromatic heterocycles. The molecule has 0 bridgehead atoms. The first kappa shape index (κ1) is 23.7. The first-order chi connectivity index (χ1) is 15.7. The van der Waals surface area contributed by atoms with Gasteiger partial charge in [-0.2, -0.15) is 0 Å². The molecule has 0 radical (unpaired) electrons. The third-order valence-electron chi connectivity index (χ3n) is 4.68. The van der Waals surface area contributed by atoms with Crippen molar-refractivity contribution in [1.29, 1.82) is 0 Å². The van der Waals surface area contributed by atoms with Gasteiger partial charge in [-0.25, -0.2) is 26.3 Å². The van der Waals surface area contributed by atoms with Crippen molar-refractivity contribution in [3.8, 4) is 23.0 Å². The van der Waals surface area contributed by atoms with Crippen molar-refractivity contribution in [2.75, 3.05) is 0 Å². The Morgan fingerprint density at radius 2 is 1.55 bits per heavy atom. The van der Waals surface area contributed by atoms with E-state index in [0.29, 0.717) is 11.6 Å². The standard InChI is InChI=1S/C27H16F6/c1-16(13-26(32)27(33)17(2)28)21-12-8-18(14-25(21)31)7-9-19-10-11-20(15-24(19)30)22-5-3-4-6-23(22)29/h3-6,8,10-15H,2H2,1H3/b16-13+,27-26-. The van der Waals surface area contributed by atoms with Crippen molar-refractivity contribution >= 4 is 5.57 Å². The fourth-order valence-corrected chi connectivity index (χ4v) is 2.99. The summed E-state index contributed by atoms with van der Waals surface area (Å²) in [5, 5.41) is 0. The van der Waals surface area contributed by atoms with Crippen molar-refractivity contribution in [2.45, 2.75) is 6.92 Å². The van der Waals surface area contributed by atoms with E-state index in [0.717, 1.165) is 12.1 Å². The highest BCUT2D eigenvalue weighted by Gasteiger charge is 2.11. The van der Waals surface area contributed by atoms with E-state index in [-0.39, 0.29) is 27.8 Å². The van der Waals surface area contributed by atoms with Crippen molar-refractivity contribution < 1.29 is 26.3 Å². The van der Waals surface area contributed by atoms with E-state index < -0.39 is 34.9 Å². The fraction of sp³-hybridized carbons (Fsp3) is 0.0370. The average Bonchev–Trinajstić information content (AvgIpc) is 2.77. The van der Waals surface area contributed by atoms with Gasteiger partial charge < -0.3 is 0 Å². The fourth-order valence-electron chi connectivity index (χ4n) is 2.99. The molecule has 0 aliphatic rings. The number of halogens is 6. The lowest BCUT2D eigenvalue weighted by Crippen LogP contribution is -1.91. The van der Waals surface area contributed by atoms with Crippen LogP contribution < -0.4 is 0 Å². The van der Waals surface area contributed by atoms with Gasteiger partial charge in [-0.1, -0.05) is 48.8 Å². The minimum Gasteiger partial charge on any atom is -0.206 e. The first-order valence-corrected chi connectivity index (χ1v) is 9.62. The molecule has 0 atom stereocenters. The van der Waals surface area contributed by atoms with Gasteiger partial charge in [-0.15, -0.1) is 0 Å². The summed E-state index contributed by atoms with van der Waals surface area (Å²) in [6, 6.07) is 13.8. The summed E-state index contributed by atoms with van der Waals surface area (Å²) >= 11 is 0. The molecule has 0 unspecified atom stereocenters. The van der Waals surface area contributed by atoms with Gasteiger partial charge in [0.25, 0.3) is 0 Å². The van der Waals surface area contributed by atoms with Crippen LogP contribution in [0.3, 0.4) is 0 Å².